The molecule has 0 atom stereocenters. The van der Waals surface area contributed by atoms with Crippen LogP contribution < -0.4 is 4.74 Å². The van der Waals surface area contributed by atoms with Crippen LogP contribution in [0.15, 0.2) is 22.7 Å². The number of hydrogen-bond donors (Lipinski definition) is 1. The topological polar surface area (TPSA) is 46.5 Å². The molecule has 1 N–H and O–H groups in total. The molecule has 0 bridgehead atoms. The fourth-order valence-corrected chi connectivity index (χ4v) is 2.11. The lowest BCUT2D eigenvalue weighted by Crippen LogP contribution is -2.07. The van der Waals surface area contributed by atoms with Crippen molar-refractivity contribution in [3.63, 3.8) is 0 Å². The van der Waals surface area contributed by atoms with Gasteiger partial charge in [0.05, 0.1) is 11.6 Å². The molecule has 1 aliphatic carbocycles. The van der Waals surface area contributed by atoms with Crippen LogP contribution in [0.1, 0.15) is 25.3 Å². The average Bonchev–Trinajstić information content (AvgIpc) is 3.09. The van der Waals surface area contributed by atoms with Gasteiger partial charge in [-0.15, -0.1) is 0 Å². The van der Waals surface area contributed by atoms with Gasteiger partial charge in [-0.1, -0.05) is 13.0 Å². The first-order chi connectivity index (χ1) is 8.46. The summed E-state index contributed by atoms with van der Waals surface area (Å²) in [4.78, 5) is 11.8. The zero-order chi connectivity index (χ0) is 13.3. The largest absolute Gasteiger partial charge is 0.503 e. The van der Waals surface area contributed by atoms with Gasteiger partial charge >= 0.3 is 0 Å². The first-order valence-corrected chi connectivity index (χ1v) is 6.54. The van der Waals surface area contributed by atoms with Gasteiger partial charge in [0.15, 0.2) is 17.3 Å². The fourth-order valence-electron chi connectivity index (χ4n) is 1.65. The van der Waals surface area contributed by atoms with Gasteiger partial charge in [-0.25, -0.2) is 0 Å². The van der Waals surface area contributed by atoms with Crippen molar-refractivity contribution in [1.29, 1.82) is 0 Å². The smallest absolute Gasteiger partial charge is 0.172 e. The highest BCUT2D eigenvalue weighted by Gasteiger charge is 2.42. The third kappa shape index (κ3) is 2.58. The van der Waals surface area contributed by atoms with E-state index in [9.17, 15) is 9.90 Å². The lowest BCUT2D eigenvalue weighted by molar-refractivity contribution is -0.118. The quantitative estimate of drug-likeness (QED) is 0.865. The summed E-state index contributed by atoms with van der Waals surface area (Å²) in [5, 5.41) is 9.68. The zero-order valence-corrected chi connectivity index (χ0v) is 12.0. The molecule has 1 fully saturated rings. The van der Waals surface area contributed by atoms with E-state index in [-0.39, 0.29) is 16.9 Å². The summed E-state index contributed by atoms with van der Waals surface area (Å²) in [5.41, 5.74) is 0.670. The number of benzene rings is 1. The molecule has 2 rings (SSSR count). The molecule has 3 nitrogen and oxygen atoms in total. The first kappa shape index (κ1) is 13.1. The second-order valence-corrected chi connectivity index (χ2v) is 5.67. The molecule has 0 amide bonds. The summed E-state index contributed by atoms with van der Waals surface area (Å²) in [6, 6.07) is 3.44. The second-order valence-electron chi connectivity index (χ2n) is 4.81. The minimum absolute atomic E-state index is 0.0649. The van der Waals surface area contributed by atoms with Gasteiger partial charge in [-0.2, -0.15) is 0 Å². The number of allylic oxidation sites excluding steroid dienone is 1. The Hall–Kier alpha value is -1.29. The molecule has 0 radical (unpaired) electrons. The van der Waals surface area contributed by atoms with Crippen LogP contribution in [0.3, 0.4) is 0 Å². The van der Waals surface area contributed by atoms with Crippen LogP contribution in [-0.4, -0.2) is 18.0 Å². The molecule has 18 heavy (non-hydrogen) atoms. The Labute approximate surface area is 115 Å². The Morgan fingerprint density at radius 2 is 2.17 bits per heavy atom. The van der Waals surface area contributed by atoms with Crippen LogP contribution in [0.25, 0.3) is 6.08 Å². The highest BCUT2D eigenvalue weighted by molar-refractivity contribution is 9.10. The molecule has 0 saturated heterocycles. The third-order valence-electron chi connectivity index (χ3n) is 3.29. The van der Waals surface area contributed by atoms with Crippen LogP contribution >= 0.6 is 15.9 Å². The SMILES string of the molecule is COc1cc(/C=C/C(=O)C2(C)CC2)cc(Br)c1O. The standard InChI is InChI=1S/C14H15BrO3/c1-14(5-6-14)12(16)4-3-9-7-10(15)13(17)11(8-9)18-2/h3-4,7-8,17H,5-6H2,1-2H3/b4-3+. The van der Waals surface area contributed by atoms with E-state index in [0.29, 0.717) is 10.2 Å². The van der Waals surface area contributed by atoms with Crippen LogP contribution in [0.4, 0.5) is 0 Å². The summed E-state index contributed by atoms with van der Waals surface area (Å²) in [6.45, 7) is 1.98. The monoisotopic (exact) mass is 310 g/mol. The lowest BCUT2D eigenvalue weighted by atomic mass is 10.0. The summed E-state index contributed by atoms with van der Waals surface area (Å²) in [5.74, 6) is 0.606. The maximum Gasteiger partial charge on any atom is 0.172 e. The van der Waals surface area contributed by atoms with E-state index in [4.69, 9.17) is 4.74 Å². The number of rotatable bonds is 4. The predicted molar refractivity (Wildman–Crippen MR) is 73.7 cm³/mol. The molecule has 1 aliphatic rings. The van der Waals surface area contributed by atoms with Gasteiger partial charge < -0.3 is 9.84 Å². The van der Waals surface area contributed by atoms with Gasteiger partial charge in [0.1, 0.15) is 0 Å². The van der Waals surface area contributed by atoms with E-state index in [1.54, 1.807) is 24.3 Å². The molecule has 1 aromatic rings. The maximum atomic E-state index is 11.8. The molecule has 96 valence electrons. The van der Waals surface area contributed by atoms with E-state index in [1.807, 2.05) is 6.92 Å². The zero-order valence-electron chi connectivity index (χ0n) is 10.4. The molecule has 0 spiro atoms. The maximum absolute atomic E-state index is 11.8. The summed E-state index contributed by atoms with van der Waals surface area (Å²) in [6.07, 6.45) is 5.29. The Kier molecular flexibility index (Phi) is 3.48. The fraction of sp³-hybridized carbons (Fsp3) is 0.357. The van der Waals surface area contributed by atoms with Crippen molar-refractivity contribution in [2.75, 3.05) is 7.11 Å². The highest BCUT2D eigenvalue weighted by Crippen LogP contribution is 2.46. The molecular weight excluding hydrogens is 296 g/mol. The Morgan fingerprint density at radius 3 is 2.72 bits per heavy atom. The van der Waals surface area contributed by atoms with Crippen molar-refractivity contribution < 1.29 is 14.6 Å². The second kappa shape index (κ2) is 4.76. The molecule has 1 saturated carbocycles. The Bertz CT molecular complexity index is 516. The Balaban J connectivity index is 2.21. The lowest BCUT2D eigenvalue weighted by Gasteiger charge is -2.06. The van der Waals surface area contributed by atoms with E-state index in [0.717, 1.165) is 18.4 Å². The van der Waals surface area contributed by atoms with E-state index < -0.39 is 0 Å². The number of ketones is 1. The van der Waals surface area contributed by atoms with Gasteiger partial charge in [0.2, 0.25) is 0 Å². The van der Waals surface area contributed by atoms with Crippen molar-refractivity contribution in [3.8, 4) is 11.5 Å². The highest BCUT2D eigenvalue weighted by atomic mass is 79.9. The van der Waals surface area contributed by atoms with Crippen molar-refractivity contribution in [2.45, 2.75) is 19.8 Å². The molecular formula is C14H15BrO3. The van der Waals surface area contributed by atoms with E-state index in [2.05, 4.69) is 15.9 Å². The third-order valence-corrected chi connectivity index (χ3v) is 3.90. The van der Waals surface area contributed by atoms with Crippen molar-refractivity contribution in [3.05, 3.63) is 28.2 Å². The predicted octanol–water partition coefficient (Wildman–Crippen LogP) is 3.55. The number of phenolic OH excluding ortho intramolecular Hbond substituents is 1. The molecule has 0 aromatic heterocycles. The minimum atomic E-state index is -0.144. The Morgan fingerprint density at radius 1 is 1.50 bits per heavy atom. The van der Waals surface area contributed by atoms with Gasteiger partial charge in [0, 0.05) is 5.41 Å². The van der Waals surface area contributed by atoms with E-state index >= 15 is 0 Å². The summed E-state index contributed by atoms with van der Waals surface area (Å²) < 4.78 is 5.60. The number of halogens is 1. The number of carbonyl (C=O) groups excluding carboxylic acids is 1. The molecule has 0 aliphatic heterocycles. The van der Waals surface area contributed by atoms with Crippen LogP contribution in [0, 0.1) is 5.41 Å². The number of methoxy groups -OCH3 is 1. The van der Waals surface area contributed by atoms with Crippen LogP contribution in [0.2, 0.25) is 0 Å². The molecule has 1 aromatic carbocycles. The summed E-state index contributed by atoms with van der Waals surface area (Å²) in [7, 11) is 1.49. The number of ether oxygens (including phenoxy) is 1. The first-order valence-electron chi connectivity index (χ1n) is 5.75. The van der Waals surface area contributed by atoms with E-state index in [1.165, 1.54) is 7.11 Å². The number of carbonyl (C=O) groups is 1. The number of phenols is 1. The van der Waals surface area contributed by atoms with Crippen molar-refractivity contribution in [1.82, 2.24) is 0 Å². The van der Waals surface area contributed by atoms with Gasteiger partial charge in [-0.3, -0.25) is 4.79 Å². The van der Waals surface area contributed by atoms with Crippen LogP contribution in [-0.2, 0) is 4.79 Å². The van der Waals surface area contributed by atoms with Crippen molar-refractivity contribution in [2.24, 2.45) is 5.41 Å². The average molecular weight is 311 g/mol. The molecule has 4 heteroatoms. The molecule has 0 heterocycles. The molecule has 0 unspecified atom stereocenters. The normalized spacial score (nSPS) is 16.8. The van der Waals surface area contributed by atoms with Crippen LogP contribution in [0.5, 0.6) is 11.5 Å². The summed E-state index contributed by atoms with van der Waals surface area (Å²) >= 11 is 3.25. The number of hydrogen-bond acceptors (Lipinski definition) is 3. The minimum Gasteiger partial charge on any atom is -0.503 e. The van der Waals surface area contributed by atoms with Gasteiger partial charge in [0.25, 0.3) is 0 Å². The van der Waals surface area contributed by atoms with Gasteiger partial charge in [-0.05, 0) is 52.5 Å². The van der Waals surface area contributed by atoms with Crippen molar-refractivity contribution >= 4 is 27.8 Å². The number of aromatic hydroxyl groups is 1.